The minimum Gasteiger partial charge on any atom is -0.481 e. The fourth-order valence-corrected chi connectivity index (χ4v) is 2.72. The zero-order valence-electron chi connectivity index (χ0n) is 10.6. The maximum Gasteiger partial charge on any atom is 0.310 e. The van der Waals surface area contributed by atoms with Gasteiger partial charge >= 0.3 is 5.97 Å². The van der Waals surface area contributed by atoms with Gasteiger partial charge in [0.25, 0.3) is 0 Å². The number of carbonyl (C=O) groups is 2. The number of aromatic nitrogens is 1. The molecule has 0 saturated carbocycles. The zero-order valence-corrected chi connectivity index (χ0v) is 10.6. The predicted molar refractivity (Wildman–Crippen MR) is 68.5 cm³/mol. The number of rotatable bonds is 4. The van der Waals surface area contributed by atoms with E-state index in [1.165, 1.54) is 0 Å². The van der Waals surface area contributed by atoms with E-state index in [1.54, 1.807) is 36.7 Å². The molecule has 2 N–H and O–H groups in total. The van der Waals surface area contributed by atoms with Gasteiger partial charge in [-0.2, -0.15) is 0 Å². The molecule has 1 aromatic rings. The Morgan fingerprint density at radius 2 is 1.85 bits per heavy atom. The van der Waals surface area contributed by atoms with Crippen LogP contribution >= 0.6 is 0 Å². The molecule has 1 aromatic heterocycles. The van der Waals surface area contributed by atoms with Crippen LogP contribution in [0.2, 0.25) is 0 Å². The van der Waals surface area contributed by atoms with Gasteiger partial charge in [-0.05, 0) is 17.7 Å². The molecule has 20 heavy (non-hydrogen) atoms. The molecule has 3 heterocycles. The Kier molecular flexibility index (Phi) is 3.23. The summed E-state index contributed by atoms with van der Waals surface area (Å²) in [6, 6.07) is 3.60. The standard InChI is InChI=1S/C14H14N2O4/c17-13(16-7-8-3-5-15-6-4-8)11-9-1-2-10(20-9)12(11)14(18)19/h1-6,9-12H,7H2,(H,16,17)(H,18,19)/t9-,10-,11-,12+/m1/s1. The first-order chi connectivity index (χ1) is 9.66. The van der Waals surface area contributed by atoms with Crippen molar-refractivity contribution < 1.29 is 19.4 Å². The number of carbonyl (C=O) groups excluding carboxylic acids is 1. The van der Waals surface area contributed by atoms with Crippen LogP contribution in [-0.2, 0) is 20.9 Å². The number of pyridine rings is 1. The van der Waals surface area contributed by atoms with Crippen molar-refractivity contribution >= 4 is 11.9 Å². The second kappa shape index (κ2) is 5.05. The number of hydrogen-bond acceptors (Lipinski definition) is 4. The first kappa shape index (κ1) is 12.8. The second-order valence-electron chi connectivity index (χ2n) is 4.91. The summed E-state index contributed by atoms with van der Waals surface area (Å²) in [4.78, 5) is 27.4. The summed E-state index contributed by atoms with van der Waals surface area (Å²) in [6.45, 7) is 0.352. The Balaban J connectivity index is 1.68. The van der Waals surface area contributed by atoms with Crippen molar-refractivity contribution in [2.45, 2.75) is 18.8 Å². The van der Waals surface area contributed by atoms with Crippen molar-refractivity contribution in [3.8, 4) is 0 Å². The SMILES string of the molecule is O=C(O)[C@@H]1[C@H](C(=O)NCc2ccncc2)[C@H]2C=C[C@H]1O2. The van der Waals surface area contributed by atoms with Gasteiger partial charge in [-0.25, -0.2) is 0 Å². The van der Waals surface area contributed by atoms with Gasteiger partial charge in [0.1, 0.15) is 5.92 Å². The summed E-state index contributed by atoms with van der Waals surface area (Å²) >= 11 is 0. The average Bonchev–Trinajstić information content (AvgIpc) is 3.06. The molecular weight excluding hydrogens is 260 g/mol. The van der Waals surface area contributed by atoms with Crippen LogP contribution in [0.4, 0.5) is 0 Å². The third kappa shape index (κ3) is 2.18. The number of fused-ring (bicyclic) bond motifs is 2. The van der Waals surface area contributed by atoms with Crippen molar-refractivity contribution in [1.29, 1.82) is 0 Å². The molecule has 0 unspecified atom stereocenters. The summed E-state index contributed by atoms with van der Waals surface area (Å²) in [5, 5.41) is 12.0. The summed E-state index contributed by atoms with van der Waals surface area (Å²) in [5.74, 6) is -2.75. The molecular formula is C14H14N2O4. The highest BCUT2D eigenvalue weighted by molar-refractivity contribution is 5.87. The van der Waals surface area contributed by atoms with Crippen LogP contribution in [0.3, 0.4) is 0 Å². The van der Waals surface area contributed by atoms with Gasteiger partial charge in [-0.15, -0.1) is 0 Å². The Hall–Kier alpha value is -2.21. The Bertz CT molecular complexity index is 558. The highest BCUT2D eigenvalue weighted by Gasteiger charge is 2.53. The Morgan fingerprint density at radius 1 is 1.20 bits per heavy atom. The fourth-order valence-electron chi connectivity index (χ4n) is 2.72. The zero-order chi connectivity index (χ0) is 14.1. The smallest absolute Gasteiger partial charge is 0.310 e. The van der Waals surface area contributed by atoms with Crippen LogP contribution in [0.15, 0.2) is 36.7 Å². The van der Waals surface area contributed by atoms with E-state index >= 15 is 0 Å². The maximum absolute atomic E-state index is 12.2. The van der Waals surface area contributed by atoms with Gasteiger partial charge in [0.15, 0.2) is 0 Å². The topological polar surface area (TPSA) is 88.5 Å². The molecule has 4 atom stereocenters. The van der Waals surface area contributed by atoms with Gasteiger partial charge in [-0.3, -0.25) is 14.6 Å². The molecule has 0 spiro atoms. The number of ether oxygens (including phenoxy) is 1. The second-order valence-corrected chi connectivity index (χ2v) is 4.91. The monoisotopic (exact) mass is 274 g/mol. The molecule has 0 aromatic carbocycles. The lowest BCUT2D eigenvalue weighted by Crippen LogP contribution is -2.42. The minimum atomic E-state index is -0.995. The van der Waals surface area contributed by atoms with Crippen molar-refractivity contribution in [2.75, 3.05) is 0 Å². The Labute approximate surface area is 115 Å². The van der Waals surface area contributed by atoms with Crippen LogP contribution < -0.4 is 5.32 Å². The van der Waals surface area contributed by atoms with Crippen LogP contribution in [-0.4, -0.2) is 34.2 Å². The summed E-state index contributed by atoms with van der Waals surface area (Å²) in [6.07, 6.45) is 5.85. The van der Waals surface area contributed by atoms with E-state index in [2.05, 4.69) is 10.3 Å². The summed E-state index contributed by atoms with van der Waals surface area (Å²) < 4.78 is 5.47. The molecule has 1 amide bonds. The van der Waals surface area contributed by atoms with E-state index in [0.29, 0.717) is 6.54 Å². The molecule has 3 rings (SSSR count). The van der Waals surface area contributed by atoms with Gasteiger partial charge in [-0.1, -0.05) is 12.2 Å². The molecule has 1 fully saturated rings. The van der Waals surface area contributed by atoms with Crippen molar-refractivity contribution in [2.24, 2.45) is 11.8 Å². The number of amides is 1. The van der Waals surface area contributed by atoms with Crippen molar-refractivity contribution in [3.05, 3.63) is 42.2 Å². The highest BCUT2D eigenvalue weighted by atomic mass is 16.5. The minimum absolute atomic E-state index is 0.286. The van der Waals surface area contributed by atoms with E-state index in [9.17, 15) is 14.7 Å². The number of carboxylic acid groups (broad SMARTS) is 1. The van der Waals surface area contributed by atoms with E-state index in [1.807, 2.05) is 0 Å². The molecule has 6 nitrogen and oxygen atoms in total. The van der Waals surface area contributed by atoms with E-state index < -0.39 is 30.0 Å². The first-order valence-electron chi connectivity index (χ1n) is 6.40. The van der Waals surface area contributed by atoms with Gasteiger partial charge in [0.05, 0.1) is 18.1 Å². The normalized spacial score (nSPS) is 30.4. The highest BCUT2D eigenvalue weighted by Crippen LogP contribution is 2.39. The Morgan fingerprint density at radius 3 is 2.50 bits per heavy atom. The maximum atomic E-state index is 12.2. The van der Waals surface area contributed by atoms with Crippen molar-refractivity contribution in [3.63, 3.8) is 0 Å². The average molecular weight is 274 g/mol. The molecule has 0 radical (unpaired) electrons. The summed E-state index contributed by atoms with van der Waals surface area (Å²) in [5.41, 5.74) is 0.917. The fraction of sp³-hybridized carbons (Fsp3) is 0.357. The van der Waals surface area contributed by atoms with E-state index in [0.717, 1.165) is 5.56 Å². The van der Waals surface area contributed by atoms with Crippen LogP contribution in [0.1, 0.15) is 5.56 Å². The lowest BCUT2D eigenvalue weighted by atomic mass is 9.82. The third-order valence-electron chi connectivity index (χ3n) is 3.70. The van der Waals surface area contributed by atoms with Crippen LogP contribution in [0, 0.1) is 11.8 Å². The molecule has 0 aliphatic carbocycles. The third-order valence-corrected chi connectivity index (χ3v) is 3.70. The van der Waals surface area contributed by atoms with Gasteiger partial charge in [0.2, 0.25) is 5.91 Å². The predicted octanol–water partition coefficient (Wildman–Crippen LogP) is 0.352. The molecule has 2 bridgehead atoms. The molecule has 2 aliphatic rings. The lowest BCUT2D eigenvalue weighted by Gasteiger charge is -2.20. The molecule has 6 heteroatoms. The number of hydrogen-bond donors (Lipinski definition) is 2. The molecule has 104 valence electrons. The van der Waals surface area contributed by atoms with Crippen LogP contribution in [0.25, 0.3) is 0 Å². The summed E-state index contributed by atoms with van der Waals surface area (Å²) in [7, 11) is 0. The molecule has 2 aliphatic heterocycles. The van der Waals surface area contributed by atoms with Crippen LogP contribution in [0.5, 0.6) is 0 Å². The number of carboxylic acids is 1. The van der Waals surface area contributed by atoms with Crippen molar-refractivity contribution in [1.82, 2.24) is 10.3 Å². The number of nitrogens with one attached hydrogen (secondary N) is 1. The number of nitrogens with zero attached hydrogens (tertiary/aromatic N) is 1. The molecule has 1 saturated heterocycles. The van der Waals surface area contributed by atoms with E-state index in [4.69, 9.17) is 4.74 Å². The quantitative estimate of drug-likeness (QED) is 0.773. The van der Waals surface area contributed by atoms with Gasteiger partial charge < -0.3 is 15.2 Å². The lowest BCUT2D eigenvalue weighted by molar-refractivity contribution is -0.146. The number of aliphatic carboxylic acids is 1. The largest absolute Gasteiger partial charge is 0.481 e. The van der Waals surface area contributed by atoms with E-state index in [-0.39, 0.29) is 5.91 Å². The first-order valence-corrected chi connectivity index (χ1v) is 6.40. The van der Waals surface area contributed by atoms with Gasteiger partial charge in [0, 0.05) is 18.9 Å².